The Kier molecular flexibility index (Phi) is 4.62. The SMILES string of the molecule is CNC(=O)[C@@H]1CN(C)C[C@@H]1NC(=O)c1ccccc1Cl. The number of carbonyl (C=O) groups excluding carboxylic acids is 2. The summed E-state index contributed by atoms with van der Waals surface area (Å²) in [4.78, 5) is 26.1. The Labute approximate surface area is 123 Å². The summed E-state index contributed by atoms with van der Waals surface area (Å²) in [6.45, 7) is 1.28. The molecule has 2 rings (SSSR count). The Morgan fingerprint density at radius 1 is 1.30 bits per heavy atom. The number of amides is 2. The zero-order chi connectivity index (χ0) is 14.7. The lowest BCUT2D eigenvalue weighted by atomic mass is 10.0. The maximum atomic E-state index is 12.2. The number of nitrogens with zero attached hydrogens (tertiary/aromatic N) is 1. The van der Waals surface area contributed by atoms with Crippen LogP contribution in [0.1, 0.15) is 10.4 Å². The summed E-state index contributed by atoms with van der Waals surface area (Å²) in [5, 5.41) is 5.95. The van der Waals surface area contributed by atoms with Crippen LogP contribution in [0.25, 0.3) is 0 Å². The third-order valence-corrected chi connectivity index (χ3v) is 3.85. The first-order chi connectivity index (χ1) is 9.52. The van der Waals surface area contributed by atoms with E-state index in [1.54, 1.807) is 31.3 Å². The molecular weight excluding hydrogens is 278 g/mol. The van der Waals surface area contributed by atoms with Crippen LogP contribution in [0.5, 0.6) is 0 Å². The number of hydrogen-bond acceptors (Lipinski definition) is 3. The van der Waals surface area contributed by atoms with Gasteiger partial charge in [0, 0.05) is 20.1 Å². The normalized spacial score (nSPS) is 22.6. The summed E-state index contributed by atoms with van der Waals surface area (Å²) in [7, 11) is 3.53. The number of carbonyl (C=O) groups is 2. The van der Waals surface area contributed by atoms with Gasteiger partial charge < -0.3 is 15.5 Å². The van der Waals surface area contributed by atoms with Crippen LogP contribution in [0.15, 0.2) is 24.3 Å². The van der Waals surface area contributed by atoms with E-state index < -0.39 is 0 Å². The quantitative estimate of drug-likeness (QED) is 0.865. The van der Waals surface area contributed by atoms with Gasteiger partial charge in [0.2, 0.25) is 5.91 Å². The summed E-state index contributed by atoms with van der Waals surface area (Å²) in [5.74, 6) is -0.542. The van der Waals surface area contributed by atoms with Crippen LogP contribution < -0.4 is 10.6 Å². The summed E-state index contributed by atoms with van der Waals surface area (Å²) in [5.41, 5.74) is 0.430. The van der Waals surface area contributed by atoms with Gasteiger partial charge in [-0.1, -0.05) is 23.7 Å². The molecule has 0 bridgehead atoms. The fraction of sp³-hybridized carbons (Fsp3) is 0.429. The minimum absolute atomic E-state index is 0.0567. The van der Waals surface area contributed by atoms with Gasteiger partial charge in [-0.3, -0.25) is 9.59 Å². The van der Waals surface area contributed by atoms with Crippen LogP contribution >= 0.6 is 11.6 Å². The van der Waals surface area contributed by atoms with Crippen molar-refractivity contribution >= 4 is 23.4 Å². The number of likely N-dealkylation sites (tertiary alicyclic amines) is 1. The van der Waals surface area contributed by atoms with Crippen molar-refractivity contribution in [1.29, 1.82) is 0 Å². The molecule has 0 aliphatic carbocycles. The first-order valence-corrected chi connectivity index (χ1v) is 6.86. The van der Waals surface area contributed by atoms with Gasteiger partial charge in [0.1, 0.15) is 0 Å². The Bertz CT molecular complexity index is 521. The monoisotopic (exact) mass is 295 g/mol. The highest BCUT2D eigenvalue weighted by Gasteiger charge is 2.36. The molecule has 0 unspecified atom stereocenters. The van der Waals surface area contributed by atoms with Gasteiger partial charge in [0.05, 0.1) is 22.5 Å². The van der Waals surface area contributed by atoms with Gasteiger partial charge >= 0.3 is 0 Å². The molecule has 0 saturated carbocycles. The van der Waals surface area contributed by atoms with Crippen molar-refractivity contribution in [3.63, 3.8) is 0 Å². The van der Waals surface area contributed by atoms with Gasteiger partial charge in [0.15, 0.2) is 0 Å². The van der Waals surface area contributed by atoms with Crippen molar-refractivity contribution in [2.45, 2.75) is 6.04 Å². The molecule has 20 heavy (non-hydrogen) atoms. The third kappa shape index (κ3) is 3.11. The largest absolute Gasteiger partial charge is 0.359 e. The molecule has 0 spiro atoms. The lowest BCUT2D eigenvalue weighted by Gasteiger charge is -2.19. The molecule has 0 radical (unpaired) electrons. The van der Waals surface area contributed by atoms with Crippen LogP contribution in [0.2, 0.25) is 5.02 Å². The first-order valence-electron chi connectivity index (χ1n) is 6.48. The van der Waals surface area contributed by atoms with Crippen molar-refractivity contribution in [2.24, 2.45) is 5.92 Å². The Morgan fingerprint density at radius 2 is 2.00 bits per heavy atom. The van der Waals surface area contributed by atoms with Crippen LogP contribution in [0.3, 0.4) is 0 Å². The lowest BCUT2D eigenvalue weighted by Crippen LogP contribution is -2.45. The van der Waals surface area contributed by atoms with Crippen molar-refractivity contribution in [1.82, 2.24) is 15.5 Å². The summed E-state index contributed by atoms with van der Waals surface area (Å²) in [6.07, 6.45) is 0. The first kappa shape index (κ1) is 14.8. The summed E-state index contributed by atoms with van der Waals surface area (Å²) in [6, 6.07) is 6.68. The molecule has 1 saturated heterocycles. The summed E-state index contributed by atoms with van der Waals surface area (Å²) >= 11 is 6.01. The molecular formula is C14H18ClN3O2. The second kappa shape index (κ2) is 6.24. The van der Waals surface area contributed by atoms with E-state index in [4.69, 9.17) is 11.6 Å². The standard InChI is InChI=1S/C14H18ClN3O2/c1-16-13(19)10-7-18(2)8-12(10)17-14(20)9-5-3-4-6-11(9)15/h3-6,10,12H,7-8H2,1-2H3,(H,16,19)(H,17,20)/t10-,12+/m1/s1. The summed E-state index contributed by atoms with van der Waals surface area (Å²) < 4.78 is 0. The molecule has 1 aromatic carbocycles. The maximum absolute atomic E-state index is 12.2. The van der Waals surface area contributed by atoms with E-state index in [0.29, 0.717) is 23.7 Å². The smallest absolute Gasteiger partial charge is 0.253 e. The number of benzene rings is 1. The van der Waals surface area contributed by atoms with E-state index in [9.17, 15) is 9.59 Å². The molecule has 2 atom stereocenters. The molecule has 1 aliphatic heterocycles. The fourth-order valence-electron chi connectivity index (χ4n) is 2.49. The molecule has 1 aliphatic rings. The van der Waals surface area contributed by atoms with Crippen molar-refractivity contribution in [3.05, 3.63) is 34.9 Å². The van der Waals surface area contributed by atoms with E-state index in [1.807, 2.05) is 11.9 Å². The number of likely N-dealkylation sites (N-methyl/N-ethyl adjacent to an activating group) is 1. The van der Waals surface area contributed by atoms with Crippen molar-refractivity contribution in [2.75, 3.05) is 27.2 Å². The second-order valence-corrected chi connectivity index (χ2v) is 5.41. The molecule has 108 valence electrons. The zero-order valence-electron chi connectivity index (χ0n) is 11.5. The van der Waals surface area contributed by atoms with E-state index in [0.717, 1.165) is 0 Å². The highest BCUT2D eigenvalue weighted by atomic mass is 35.5. The highest BCUT2D eigenvalue weighted by molar-refractivity contribution is 6.33. The fourth-order valence-corrected chi connectivity index (χ4v) is 2.71. The molecule has 2 N–H and O–H groups in total. The van der Waals surface area contributed by atoms with Crippen LogP contribution in [-0.4, -0.2) is 49.9 Å². The Hall–Kier alpha value is -1.59. The van der Waals surface area contributed by atoms with E-state index in [1.165, 1.54) is 0 Å². The maximum Gasteiger partial charge on any atom is 0.253 e. The van der Waals surface area contributed by atoms with Crippen molar-refractivity contribution in [3.8, 4) is 0 Å². The third-order valence-electron chi connectivity index (χ3n) is 3.52. The number of nitrogens with one attached hydrogen (secondary N) is 2. The minimum Gasteiger partial charge on any atom is -0.359 e. The van der Waals surface area contributed by atoms with Gasteiger partial charge in [-0.15, -0.1) is 0 Å². The number of rotatable bonds is 3. The molecule has 5 nitrogen and oxygen atoms in total. The van der Waals surface area contributed by atoms with Crippen LogP contribution in [-0.2, 0) is 4.79 Å². The molecule has 1 fully saturated rings. The second-order valence-electron chi connectivity index (χ2n) is 5.00. The average molecular weight is 296 g/mol. The molecule has 2 amide bonds. The Morgan fingerprint density at radius 3 is 2.65 bits per heavy atom. The average Bonchev–Trinajstić information content (AvgIpc) is 2.79. The number of halogens is 1. The predicted octanol–water partition coefficient (Wildman–Crippen LogP) is 0.746. The highest BCUT2D eigenvalue weighted by Crippen LogP contribution is 2.19. The van der Waals surface area contributed by atoms with Crippen molar-refractivity contribution < 1.29 is 9.59 Å². The Balaban J connectivity index is 2.10. The molecule has 1 heterocycles. The zero-order valence-corrected chi connectivity index (χ0v) is 12.3. The predicted molar refractivity (Wildman–Crippen MR) is 77.8 cm³/mol. The lowest BCUT2D eigenvalue weighted by molar-refractivity contribution is -0.124. The van der Waals surface area contributed by atoms with Gasteiger partial charge in [-0.2, -0.15) is 0 Å². The molecule has 6 heteroatoms. The minimum atomic E-state index is -0.246. The molecule has 0 aromatic heterocycles. The molecule has 1 aromatic rings. The van der Waals surface area contributed by atoms with E-state index in [-0.39, 0.29) is 23.8 Å². The topological polar surface area (TPSA) is 61.4 Å². The van der Waals surface area contributed by atoms with Gasteiger partial charge in [-0.25, -0.2) is 0 Å². The van der Waals surface area contributed by atoms with Crippen LogP contribution in [0.4, 0.5) is 0 Å². The van der Waals surface area contributed by atoms with Gasteiger partial charge in [0.25, 0.3) is 5.91 Å². The van der Waals surface area contributed by atoms with E-state index in [2.05, 4.69) is 10.6 Å². The number of hydrogen-bond donors (Lipinski definition) is 2. The van der Waals surface area contributed by atoms with E-state index >= 15 is 0 Å². The van der Waals surface area contributed by atoms with Gasteiger partial charge in [-0.05, 0) is 19.2 Å². The van der Waals surface area contributed by atoms with Crippen LogP contribution in [0, 0.1) is 5.92 Å².